The summed E-state index contributed by atoms with van der Waals surface area (Å²) in [5.74, 6) is 0. The SMILES string of the molecule is CC=C(C)C(O)(CCCN(C)C(=O)OC(C)(C)C)C(C)=CC. The molecule has 128 valence electrons. The zero-order chi connectivity index (χ0) is 17.6. The highest BCUT2D eigenvalue weighted by atomic mass is 16.6. The Bertz CT molecular complexity index is 412. The van der Waals surface area contributed by atoms with Crippen LogP contribution in [-0.2, 0) is 4.74 Å². The van der Waals surface area contributed by atoms with Crippen LogP contribution in [0.4, 0.5) is 4.79 Å². The maximum absolute atomic E-state index is 11.9. The molecule has 4 heteroatoms. The molecule has 1 N–H and O–H groups in total. The number of ether oxygens (including phenoxy) is 1. The van der Waals surface area contributed by atoms with Crippen molar-refractivity contribution in [2.45, 2.75) is 72.5 Å². The molecular formula is C18H33NO3. The Morgan fingerprint density at radius 2 is 1.59 bits per heavy atom. The largest absolute Gasteiger partial charge is 0.444 e. The van der Waals surface area contributed by atoms with Crippen molar-refractivity contribution in [2.75, 3.05) is 13.6 Å². The van der Waals surface area contributed by atoms with Crippen LogP contribution in [0.15, 0.2) is 23.3 Å². The molecule has 0 saturated heterocycles. The van der Waals surface area contributed by atoms with Crippen molar-refractivity contribution in [1.29, 1.82) is 0 Å². The Morgan fingerprint density at radius 1 is 1.14 bits per heavy atom. The second-order valence-electron chi connectivity index (χ2n) is 6.81. The fraction of sp³-hybridized carbons (Fsp3) is 0.722. The Labute approximate surface area is 135 Å². The van der Waals surface area contributed by atoms with Gasteiger partial charge in [0.2, 0.25) is 0 Å². The van der Waals surface area contributed by atoms with E-state index in [1.54, 1.807) is 11.9 Å². The first-order valence-corrected chi connectivity index (χ1v) is 7.91. The summed E-state index contributed by atoms with van der Waals surface area (Å²) >= 11 is 0. The predicted octanol–water partition coefficient (Wildman–Crippen LogP) is 4.30. The smallest absolute Gasteiger partial charge is 0.410 e. The lowest BCUT2D eigenvalue weighted by molar-refractivity contribution is 0.0280. The lowest BCUT2D eigenvalue weighted by Crippen LogP contribution is -2.36. The van der Waals surface area contributed by atoms with Crippen molar-refractivity contribution in [2.24, 2.45) is 0 Å². The van der Waals surface area contributed by atoms with Gasteiger partial charge in [-0.15, -0.1) is 0 Å². The summed E-state index contributed by atoms with van der Waals surface area (Å²) in [5.41, 5.74) is 0.444. The number of nitrogens with zero attached hydrogens (tertiary/aromatic N) is 1. The van der Waals surface area contributed by atoms with E-state index in [2.05, 4.69) is 0 Å². The Kier molecular flexibility index (Phi) is 7.88. The first-order valence-electron chi connectivity index (χ1n) is 7.91. The van der Waals surface area contributed by atoms with E-state index in [1.165, 1.54) is 0 Å². The molecule has 22 heavy (non-hydrogen) atoms. The van der Waals surface area contributed by atoms with Gasteiger partial charge in [-0.25, -0.2) is 4.79 Å². The maximum Gasteiger partial charge on any atom is 0.410 e. The van der Waals surface area contributed by atoms with Crippen LogP contribution in [-0.4, -0.2) is 40.9 Å². The summed E-state index contributed by atoms with van der Waals surface area (Å²) < 4.78 is 5.32. The van der Waals surface area contributed by atoms with Gasteiger partial charge in [0.05, 0.1) is 0 Å². The van der Waals surface area contributed by atoms with Crippen molar-refractivity contribution < 1.29 is 14.6 Å². The highest BCUT2D eigenvalue weighted by Crippen LogP contribution is 2.30. The van der Waals surface area contributed by atoms with Crippen LogP contribution in [0.2, 0.25) is 0 Å². The van der Waals surface area contributed by atoms with Crippen molar-refractivity contribution in [3.63, 3.8) is 0 Å². The lowest BCUT2D eigenvalue weighted by atomic mass is 9.83. The quantitative estimate of drug-likeness (QED) is 0.744. The van der Waals surface area contributed by atoms with Crippen LogP contribution >= 0.6 is 0 Å². The molecule has 0 aliphatic carbocycles. The molecule has 0 heterocycles. The molecule has 0 saturated carbocycles. The highest BCUT2D eigenvalue weighted by molar-refractivity contribution is 5.67. The number of amides is 1. The van der Waals surface area contributed by atoms with E-state index in [0.29, 0.717) is 19.4 Å². The normalized spacial score (nSPS) is 16.2. The van der Waals surface area contributed by atoms with Crippen LogP contribution in [0.3, 0.4) is 0 Å². The number of hydrogen-bond acceptors (Lipinski definition) is 3. The van der Waals surface area contributed by atoms with Crippen molar-refractivity contribution in [3.05, 3.63) is 23.3 Å². The van der Waals surface area contributed by atoms with E-state index in [4.69, 9.17) is 4.74 Å². The molecule has 0 rings (SSSR count). The first-order chi connectivity index (χ1) is 9.97. The molecule has 0 radical (unpaired) electrons. The molecular weight excluding hydrogens is 278 g/mol. The average Bonchev–Trinajstić information content (AvgIpc) is 2.42. The summed E-state index contributed by atoms with van der Waals surface area (Å²) in [6.45, 7) is 13.8. The van der Waals surface area contributed by atoms with Gasteiger partial charge in [0.15, 0.2) is 0 Å². The van der Waals surface area contributed by atoms with E-state index in [-0.39, 0.29) is 6.09 Å². The summed E-state index contributed by atoms with van der Waals surface area (Å²) in [5, 5.41) is 10.9. The van der Waals surface area contributed by atoms with Crippen LogP contribution < -0.4 is 0 Å². The number of rotatable bonds is 6. The van der Waals surface area contributed by atoms with Gasteiger partial charge in [-0.1, -0.05) is 12.2 Å². The van der Waals surface area contributed by atoms with Gasteiger partial charge in [-0.05, 0) is 72.5 Å². The van der Waals surface area contributed by atoms with Crippen LogP contribution in [0.5, 0.6) is 0 Å². The standard InChI is InChI=1S/C18H33NO3/c1-9-14(3)18(21,15(4)10-2)12-11-13-19(8)16(20)22-17(5,6)7/h9-10,21H,11-13H2,1-8H3. The molecule has 0 atom stereocenters. The molecule has 0 aromatic rings. The monoisotopic (exact) mass is 311 g/mol. The van der Waals surface area contributed by atoms with Crippen LogP contribution in [0.25, 0.3) is 0 Å². The summed E-state index contributed by atoms with van der Waals surface area (Å²) in [6, 6.07) is 0. The Morgan fingerprint density at radius 3 is 1.95 bits per heavy atom. The van der Waals surface area contributed by atoms with Gasteiger partial charge in [0, 0.05) is 13.6 Å². The van der Waals surface area contributed by atoms with E-state index >= 15 is 0 Å². The molecule has 0 aliphatic rings. The lowest BCUT2D eigenvalue weighted by Gasteiger charge is -2.31. The number of aliphatic hydroxyl groups is 1. The number of hydrogen-bond donors (Lipinski definition) is 1. The van der Waals surface area contributed by atoms with Gasteiger partial charge >= 0.3 is 6.09 Å². The van der Waals surface area contributed by atoms with E-state index in [0.717, 1.165) is 11.1 Å². The molecule has 0 aromatic carbocycles. The van der Waals surface area contributed by atoms with Crippen LogP contribution in [0.1, 0.15) is 61.3 Å². The molecule has 0 aliphatic heterocycles. The van der Waals surface area contributed by atoms with Gasteiger partial charge < -0.3 is 14.7 Å². The average molecular weight is 311 g/mol. The third-order valence-corrected chi connectivity index (χ3v) is 3.91. The van der Waals surface area contributed by atoms with Gasteiger partial charge in [-0.3, -0.25) is 0 Å². The highest BCUT2D eigenvalue weighted by Gasteiger charge is 2.30. The molecule has 1 amide bonds. The summed E-state index contributed by atoms with van der Waals surface area (Å²) in [4.78, 5) is 13.5. The number of allylic oxidation sites excluding steroid dienone is 2. The fourth-order valence-electron chi connectivity index (χ4n) is 2.19. The third-order valence-electron chi connectivity index (χ3n) is 3.91. The summed E-state index contributed by atoms with van der Waals surface area (Å²) in [7, 11) is 1.72. The van der Waals surface area contributed by atoms with Crippen molar-refractivity contribution >= 4 is 6.09 Å². The molecule has 0 bridgehead atoms. The topological polar surface area (TPSA) is 49.8 Å². The number of carbonyl (C=O) groups excluding carboxylic acids is 1. The van der Waals surface area contributed by atoms with Gasteiger partial charge in [0.1, 0.15) is 11.2 Å². The van der Waals surface area contributed by atoms with Crippen molar-refractivity contribution in [3.8, 4) is 0 Å². The maximum atomic E-state index is 11.9. The van der Waals surface area contributed by atoms with Gasteiger partial charge in [0.25, 0.3) is 0 Å². The van der Waals surface area contributed by atoms with E-state index < -0.39 is 11.2 Å². The molecule has 4 nitrogen and oxygen atoms in total. The zero-order valence-electron chi connectivity index (χ0n) is 15.5. The first kappa shape index (κ1) is 20.7. The minimum absolute atomic E-state index is 0.332. The van der Waals surface area contributed by atoms with Crippen LogP contribution in [0, 0.1) is 0 Å². The molecule has 0 unspecified atom stereocenters. The van der Waals surface area contributed by atoms with Crippen molar-refractivity contribution in [1.82, 2.24) is 4.90 Å². The second kappa shape index (κ2) is 8.37. The zero-order valence-corrected chi connectivity index (χ0v) is 15.5. The third kappa shape index (κ3) is 6.22. The second-order valence-corrected chi connectivity index (χ2v) is 6.81. The molecule has 0 fully saturated rings. The minimum Gasteiger partial charge on any atom is -0.444 e. The van der Waals surface area contributed by atoms with Gasteiger partial charge in [-0.2, -0.15) is 0 Å². The molecule has 0 aromatic heterocycles. The molecule has 0 spiro atoms. The number of carbonyl (C=O) groups is 1. The Balaban J connectivity index is 4.68. The Hall–Kier alpha value is -1.29. The predicted molar refractivity (Wildman–Crippen MR) is 91.9 cm³/mol. The van der Waals surface area contributed by atoms with E-state index in [1.807, 2.05) is 60.6 Å². The minimum atomic E-state index is -0.932. The fourth-order valence-corrected chi connectivity index (χ4v) is 2.19. The van der Waals surface area contributed by atoms with E-state index in [9.17, 15) is 9.90 Å². The summed E-state index contributed by atoms with van der Waals surface area (Å²) in [6.07, 6.45) is 4.81.